The molecule has 0 radical (unpaired) electrons. The van der Waals surface area contributed by atoms with E-state index in [0.717, 1.165) is 35.1 Å². The molecule has 1 aromatic heterocycles. The fraction of sp³-hybridized carbons (Fsp3) is 0.600. The Morgan fingerprint density at radius 3 is 2.17 bits per heavy atom. The Kier molecular flexibility index (Phi) is 8.38. The standard InChI is InChI=1S/C25H27F8N3O3S/c1-14-20(27)12-21(36(14)40(38,39)19-9-5-17(26)6-10-19)22(37)11-2-15-13-35(34-23(15)25(31,32)33)18-7-3-16(4-8-18)24(28,29)30/h5-6,9-10,13-14,16,18,20-21H,2-4,7-8,11-12H2,1H3/t14-,16?,18?,20+,21-/m0/s1. The monoisotopic (exact) mass is 601 g/mol. The van der Waals surface area contributed by atoms with E-state index in [-0.39, 0.29) is 36.1 Å². The Hall–Kier alpha value is -2.55. The number of benzene rings is 1. The number of hydrogen-bond donors (Lipinski definition) is 0. The molecule has 1 saturated heterocycles. The van der Waals surface area contributed by atoms with Gasteiger partial charge in [-0.25, -0.2) is 17.2 Å². The van der Waals surface area contributed by atoms with Crippen molar-refractivity contribution in [3.63, 3.8) is 0 Å². The van der Waals surface area contributed by atoms with Crippen LogP contribution in [0.25, 0.3) is 0 Å². The summed E-state index contributed by atoms with van der Waals surface area (Å²) >= 11 is 0. The molecule has 15 heteroatoms. The predicted molar refractivity (Wildman–Crippen MR) is 126 cm³/mol. The third kappa shape index (κ3) is 6.19. The van der Waals surface area contributed by atoms with Gasteiger partial charge in [0.1, 0.15) is 12.0 Å². The second kappa shape index (κ2) is 11.0. The minimum atomic E-state index is -4.91. The molecule has 0 N–H and O–H groups in total. The summed E-state index contributed by atoms with van der Waals surface area (Å²) in [6.45, 7) is 1.26. The molecule has 40 heavy (non-hydrogen) atoms. The van der Waals surface area contributed by atoms with Gasteiger partial charge in [0.25, 0.3) is 0 Å². The van der Waals surface area contributed by atoms with Crippen LogP contribution in [-0.4, -0.2) is 52.7 Å². The normalized spacial score (nSPS) is 26.8. The average molecular weight is 602 g/mol. The van der Waals surface area contributed by atoms with Crippen LogP contribution >= 0.6 is 0 Å². The van der Waals surface area contributed by atoms with Crippen molar-refractivity contribution in [2.24, 2.45) is 5.92 Å². The Bertz CT molecular complexity index is 1320. The molecular weight excluding hydrogens is 574 g/mol. The first-order valence-electron chi connectivity index (χ1n) is 12.7. The highest BCUT2D eigenvalue weighted by molar-refractivity contribution is 7.89. The summed E-state index contributed by atoms with van der Waals surface area (Å²) in [5.74, 6) is -3.04. The van der Waals surface area contributed by atoms with Gasteiger partial charge in [-0.3, -0.25) is 9.48 Å². The highest BCUT2D eigenvalue weighted by Gasteiger charge is 2.49. The van der Waals surface area contributed by atoms with Gasteiger partial charge in [-0.15, -0.1) is 0 Å². The van der Waals surface area contributed by atoms with Gasteiger partial charge in [-0.2, -0.15) is 35.7 Å². The van der Waals surface area contributed by atoms with Gasteiger partial charge in [-0.1, -0.05) is 0 Å². The molecule has 2 aromatic rings. The molecule has 1 aliphatic heterocycles. The summed E-state index contributed by atoms with van der Waals surface area (Å²) in [5.41, 5.74) is -1.65. The molecule has 2 fully saturated rings. The Morgan fingerprint density at radius 1 is 1.02 bits per heavy atom. The maximum Gasteiger partial charge on any atom is 0.435 e. The highest BCUT2D eigenvalue weighted by atomic mass is 32.2. The molecule has 3 atom stereocenters. The molecule has 1 saturated carbocycles. The lowest BCUT2D eigenvalue weighted by molar-refractivity contribution is -0.183. The van der Waals surface area contributed by atoms with Crippen molar-refractivity contribution < 1.29 is 48.3 Å². The van der Waals surface area contributed by atoms with Gasteiger partial charge >= 0.3 is 12.4 Å². The lowest BCUT2D eigenvalue weighted by Crippen LogP contribution is -2.44. The fourth-order valence-corrected chi connectivity index (χ4v) is 7.31. The van der Waals surface area contributed by atoms with Crippen LogP contribution in [0.5, 0.6) is 0 Å². The molecule has 2 heterocycles. The number of aryl methyl sites for hydroxylation is 1. The molecule has 0 spiro atoms. The Morgan fingerprint density at radius 2 is 1.62 bits per heavy atom. The van der Waals surface area contributed by atoms with E-state index >= 15 is 0 Å². The first-order chi connectivity index (χ1) is 18.5. The number of sulfonamides is 1. The number of aromatic nitrogens is 2. The lowest BCUT2D eigenvalue weighted by Gasteiger charge is -2.29. The minimum absolute atomic E-state index is 0.0183. The van der Waals surface area contributed by atoms with Crippen molar-refractivity contribution in [2.45, 2.75) is 93.4 Å². The van der Waals surface area contributed by atoms with Crippen molar-refractivity contribution in [1.82, 2.24) is 14.1 Å². The van der Waals surface area contributed by atoms with E-state index in [1.54, 1.807) is 0 Å². The smallest absolute Gasteiger partial charge is 0.298 e. The maximum absolute atomic E-state index is 14.6. The van der Waals surface area contributed by atoms with Crippen LogP contribution in [0.3, 0.4) is 0 Å². The summed E-state index contributed by atoms with van der Waals surface area (Å²) in [5, 5.41) is 3.60. The zero-order valence-electron chi connectivity index (χ0n) is 21.2. The topological polar surface area (TPSA) is 72.3 Å². The average Bonchev–Trinajstić information content (AvgIpc) is 3.44. The predicted octanol–water partition coefficient (Wildman–Crippen LogP) is 6.03. The zero-order chi connectivity index (χ0) is 29.6. The van der Waals surface area contributed by atoms with Crippen LogP contribution in [0, 0.1) is 11.7 Å². The summed E-state index contributed by atoms with van der Waals surface area (Å²) in [6.07, 6.45) is -12.0. The third-order valence-electron chi connectivity index (χ3n) is 7.69. The van der Waals surface area contributed by atoms with Gasteiger partial charge in [-0.05, 0) is 63.3 Å². The Labute approximate surface area is 225 Å². The summed E-state index contributed by atoms with van der Waals surface area (Å²) in [6, 6.07) is 0.315. The van der Waals surface area contributed by atoms with Crippen LogP contribution in [-0.2, 0) is 27.4 Å². The van der Waals surface area contributed by atoms with Crippen LogP contribution in [0.4, 0.5) is 35.1 Å². The van der Waals surface area contributed by atoms with Gasteiger partial charge in [0.15, 0.2) is 11.5 Å². The first kappa shape index (κ1) is 30.4. The molecule has 2 aliphatic rings. The number of hydrogen-bond acceptors (Lipinski definition) is 4. The summed E-state index contributed by atoms with van der Waals surface area (Å²) in [7, 11) is -4.44. The number of carbonyl (C=O) groups is 1. The Balaban J connectivity index is 1.52. The van der Waals surface area contributed by atoms with E-state index in [0.29, 0.717) is 4.31 Å². The molecule has 4 rings (SSSR count). The van der Waals surface area contributed by atoms with E-state index in [1.807, 2.05) is 0 Å². The molecule has 1 aromatic carbocycles. The minimum Gasteiger partial charge on any atom is -0.298 e. The maximum atomic E-state index is 14.6. The number of nitrogens with zero attached hydrogens (tertiary/aromatic N) is 3. The molecule has 0 amide bonds. The van der Waals surface area contributed by atoms with Crippen molar-refractivity contribution in [3.05, 3.63) is 47.5 Å². The van der Waals surface area contributed by atoms with Gasteiger partial charge in [0.05, 0.1) is 28.9 Å². The zero-order valence-corrected chi connectivity index (χ0v) is 22.0. The number of ketones is 1. The fourth-order valence-electron chi connectivity index (χ4n) is 5.48. The lowest BCUT2D eigenvalue weighted by atomic mass is 9.86. The highest BCUT2D eigenvalue weighted by Crippen LogP contribution is 2.42. The van der Waals surface area contributed by atoms with E-state index in [2.05, 4.69) is 5.10 Å². The SMILES string of the molecule is C[C@H]1[C@H](F)C[C@@H](C(=O)CCc2cn(C3CCC(C(F)(F)F)CC3)nc2C(F)(F)F)N1S(=O)(=O)c1ccc(F)cc1. The van der Waals surface area contributed by atoms with Gasteiger partial charge in [0, 0.05) is 24.6 Å². The van der Waals surface area contributed by atoms with Crippen LogP contribution in [0.15, 0.2) is 35.4 Å². The molecular formula is C25H27F8N3O3S. The van der Waals surface area contributed by atoms with Crippen molar-refractivity contribution >= 4 is 15.8 Å². The second-order valence-corrected chi connectivity index (χ2v) is 12.1. The van der Waals surface area contributed by atoms with Crippen molar-refractivity contribution in [2.75, 3.05) is 0 Å². The van der Waals surface area contributed by atoms with Gasteiger partial charge in [0.2, 0.25) is 10.0 Å². The molecule has 222 valence electrons. The van der Waals surface area contributed by atoms with Crippen molar-refractivity contribution in [1.29, 1.82) is 0 Å². The van der Waals surface area contributed by atoms with Crippen LogP contribution in [0.2, 0.25) is 0 Å². The van der Waals surface area contributed by atoms with E-state index in [9.17, 15) is 48.3 Å². The van der Waals surface area contributed by atoms with E-state index in [1.165, 1.54) is 6.92 Å². The third-order valence-corrected chi connectivity index (χ3v) is 9.70. The molecule has 6 nitrogen and oxygen atoms in total. The molecule has 0 unspecified atom stereocenters. The van der Waals surface area contributed by atoms with Crippen molar-refractivity contribution in [3.8, 4) is 0 Å². The molecule has 0 bridgehead atoms. The first-order valence-corrected chi connectivity index (χ1v) is 14.1. The number of Topliss-reactive ketones (excluding diaryl/α,β-unsaturated/α-hetero) is 1. The second-order valence-electron chi connectivity index (χ2n) is 10.3. The number of carbonyl (C=O) groups excluding carboxylic acids is 1. The largest absolute Gasteiger partial charge is 0.435 e. The number of rotatable bonds is 7. The van der Waals surface area contributed by atoms with E-state index in [4.69, 9.17) is 0 Å². The summed E-state index contributed by atoms with van der Waals surface area (Å²) in [4.78, 5) is 12.7. The van der Waals surface area contributed by atoms with E-state index < -0.39 is 89.1 Å². The van der Waals surface area contributed by atoms with Crippen LogP contribution < -0.4 is 0 Å². The quantitative estimate of drug-likeness (QED) is 0.364. The number of alkyl halides is 7. The molecule has 1 aliphatic carbocycles. The summed E-state index contributed by atoms with van der Waals surface area (Å²) < 4.78 is 136. The van der Waals surface area contributed by atoms with Crippen LogP contribution in [0.1, 0.15) is 62.7 Å². The number of halogens is 8. The van der Waals surface area contributed by atoms with Gasteiger partial charge < -0.3 is 0 Å².